The fraction of sp³-hybridized carbons (Fsp3) is 0.462. The van der Waals surface area contributed by atoms with Crippen LogP contribution in [0, 0.1) is 11.6 Å². The number of benzene rings is 4. The van der Waals surface area contributed by atoms with E-state index in [4.69, 9.17) is 9.47 Å². The van der Waals surface area contributed by atoms with E-state index >= 15 is 0 Å². The number of carbonyl (C=O) groups excluding carboxylic acids is 2. The third-order valence-corrected chi connectivity index (χ3v) is 15.7. The number of piperazine rings is 2. The second-order valence-electron chi connectivity index (χ2n) is 18.8. The summed E-state index contributed by atoms with van der Waals surface area (Å²) in [4.78, 5) is 36.7. The summed E-state index contributed by atoms with van der Waals surface area (Å²) in [7, 11) is 0. The second kappa shape index (κ2) is 17.2. The minimum Gasteiger partial charge on any atom is -0.454 e. The van der Waals surface area contributed by atoms with Gasteiger partial charge in [-0.1, -0.05) is 48.5 Å². The minimum absolute atomic E-state index is 0.0260. The van der Waals surface area contributed by atoms with Crippen molar-refractivity contribution in [2.75, 3.05) is 62.2 Å². The van der Waals surface area contributed by atoms with Crippen molar-refractivity contribution in [3.63, 3.8) is 0 Å². The lowest BCUT2D eigenvalue weighted by Crippen LogP contribution is -2.52. The molecule has 0 amide bonds. The Morgan fingerprint density at radius 2 is 0.855 bits per heavy atom. The van der Waals surface area contributed by atoms with Crippen molar-refractivity contribution in [2.24, 2.45) is 0 Å². The van der Waals surface area contributed by atoms with E-state index in [0.29, 0.717) is 12.1 Å². The molecule has 6 aliphatic rings. The predicted octanol–water partition coefficient (Wildman–Crippen LogP) is 9.20. The van der Waals surface area contributed by atoms with Crippen molar-refractivity contribution in [2.45, 2.75) is 99.3 Å². The highest BCUT2D eigenvalue weighted by Crippen LogP contribution is 2.56. The van der Waals surface area contributed by atoms with E-state index < -0.39 is 11.9 Å². The van der Waals surface area contributed by atoms with Gasteiger partial charge >= 0.3 is 11.9 Å². The molecule has 0 bridgehead atoms. The van der Waals surface area contributed by atoms with Crippen LogP contribution >= 0.6 is 0 Å². The monoisotopic (exact) mass is 840 g/mol. The molecule has 2 saturated carbocycles. The number of fused-ring (bicyclic) bond motifs is 4. The SMILES string of the molecule is O=C(/C=C\C(=O)OC1CC2(CCC(N3CCN(c4ccc(F)cc4)CC3)CC2)c2ccccc21)OC1CC2(CCC(N3CCN(c4ccc(F)cc4)CC3)CC2)c2ccccc21. The highest BCUT2D eigenvalue weighted by molar-refractivity contribution is 5.92. The van der Waals surface area contributed by atoms with Gasteiger partial charge in [-0.3, -0.25) is 9.80 Å². The maximum atomic E-state index is 13.5. The molecule has 0 N–H and O–H groups in total. The number of anilines is 2. The summed E-state index contributed by atoms with van der Waals surface area (Å²) in [5, 5.41) is 0. The normalized spacial score (nSPS) is 28.9. The zero-order valence-electron chi connectivity index (χ0n) is 35.6. The maximum Gasteiger partial charge on any atom is 0.331 e. The topological polar surface area (TPSA) is 65.6 Å². The average molecular weight is 841 g/mol. The molecule has 62 heavy (non-hydrogen) atoms. The summed E-state index contributed by atoms with van der Waals surface area (Å²) in [5.41, 5.74) is 6.87. The van der Waals surface area contributed by atoms with Crippen molar-refractivity contribution in [1.29, 1.82) is 0 Å². The number of hydrogen-bond donors (Lipinski definition) is 0. The van der Waals surface area contributed by atoms with Crippen LogP contribution in [0.4, 0.5) is 20.2 Å². The highest BCUT2D eigenvalue weighted by atomic mass is 19.1. The Morgan fingerprint density at radius 1 is 0.500 bits per heavy atom. The van der Waals surface area contributed by atoms with Crippen molar-refractivity contribution >= 4 is 23.3 Å². The van der Waals surface area contributed by atoms with Crippen LogP contribution in [0.3, 0.4) is 0 Å². The minimum atomic E-state index is -0.522. The Labute approximate surface area is 364 Å². The van der Waals surface area contributed by atoms with Gasteiger partial charge in [-0.2, -0.15) is 0 Å². The quantitative estimate of drug-likeness (QED) is 0.129. The van der Waals surface area contributed by atoms with Crippen LogP contribution in [0.25, 0.3) is 0 Å². The zero-order chi connectivity index (χ0) is 42.3. The summed E-state index contributed by atoms with van der Waals surface area (Å²) in [6, 6.07) is 31.6. The molecular weight excluding hydrogens is 783 g/mol. The molecule has 2 spiro atoms. The van der Waals surface area contributed by atoms with Gasteiger partial charge in [0.15, 0.2) is 0 Å². The van der Waals surface area contributed by atoms with E-state index in [2.05, 4.69) is 56.0 Å². The molecule has 324 valence electrons. The van der Waals surface area contributed by atoms with E-state index in [0.717, 1.165) is 139 Å². The maximum absolute atomic E-state index is 13.5. The van der Waals surface area contributed by atoms with Crippen LogP contribution in [-0.2, 0) is 29.9 Å². The van der Waals surface area contributed by atoms with Gasteiger partial charge in [0.05, 0.1) is 0 Å². The van der Waals surface area contributed by atoms with Crippen molar-refractivity contribution in [3.8, 4) is 0 Å². The Kier molecular flexibility index (Phi) is 11.4. The fourth-order valence-corrected chi connectivity index (χ4v) is 12.4. The van der Waals surface area contributed by atoms with Gasteiger partial charge in [-0.25, -0.2) is 18.4 Å². The van der Waals surface area contributed by atoms with Crippen LogP contribution in [0.15, 0.2) is 109 Å². The molecule has 4 aromatic rings. The number of rotatable bonds is 8. The van der Waals surface area contributed by atoms with Gasteiger partial charge in [0.2, 0.25) is 0 Å². The number of halogens is 2. The molecule has 0 aromatic heterocycles. The molecule has 2 atom stereocenters. The van der Waals surface area contributed by atoms with E-state index in [1.165, 1.54) is 47.5 Å². The molecule has 2 unspecified atom stereocenters. The van der Waals surface area contributed by atoms with Gasteiger partial charge in [-0.15, -0.1) is 0 Å². The largest absolute Gasteiger partial charge is 0.454 e. The molecule has 10 rings (SSSR count). The van der Waals surface area contributed by atoms with Gasteiger partial charge < -0.3 is 19.3 Å². The van der Waals surface area contributed by atoms with Crippen LogP contribution in [0.2, 0.25) is 0 Å². The first kappa shape index (κ1) is 41.0. The smallest absolute Gasteiger partial charge is 0.331 e. The number of carbonyl (C=O) groups is 2. The first-order valence-corrected chi connectivity index (χ1v) is 23.0. The molecule has 4 fully saturated rings. The standard InChI is InChI=1S/C52H58F2N4O4/c53-37-9-13-39(14-10-37)55-27-31-57(32-28-55)41-19-23-51(24-20-41)35-47(43-5-1-3-7-45(43)51)61-49(59)17-18-50(60)62-48-36-52(46-8-4-2-6-44(46)48)25-21-42(22-26-52)58-33-29-56(30-34-58)40-15-11-38(54)12-16-40/h1-18,41-42,47-48H,19-36H2/b18-17-. The van der Waals surface area contributed by atoms with Crippen molar-refractivity contribution in [1.82, 2.24) is 9.80 Å². The molecular formula is C52H58F2N4O4. The third kappa shape index (κ3) is 8.16. The van der Waals surface area contributed by atoms with Gasteiger partial charge in [0.25, 0.3) is 0 Å². The fourth-order valence-electron chi connectivity index (χ4n) is 12.4. The second-order valence-corrected chi connectivity index (χ2v) is 18.8. The lowest BCUT2D eigenvalue weighted by atomic mass is 9.68. The molecule has 2 heterocycles. The van der Waals surface area contributed by atoms with E-state index in [1.54, 1.807) is 0 Å². The number of hydrogen-bond acceptors (Lipinski definition) is 8. The molecule has 0 radical (unpaired) electrons. The Bertz CT molecular complexity index is 2090. The third-order valence-electron chi connectivity index (χ3n) is 15.7. The van der Waals surface area contributed by atoms with Crippen molar-refractivity contribution < 1.29 is 27.8 Å². The van der Waals surface area contributed by atoms with Crippen molar-refractivity contribution in [3.05, 3.63) is 143 Å². The Balaban J connectivity index is 0.710. The summed E-state index contributed by atoms with van der Waals surface area (Å²) in [6.45, 7) is 7.73. The summed E-state index contributed by atoms with van der Waals surface area (Å²) >= 11 is 0. The first-order chi connectivity index (χ1) is 30.2. The van der Waals surface area contributed by atoms with Gasteiger partial charge in [0, 0.05) is 88.0 Å². The molecule has 2 aliphatic heterocycles. The zero-order valence-corrected chi connectivity index (χ0v) is 35.6. The highest BCUT2D eigenvalue weighted by Gasteiger charge is 2.49. The lowest BCUT2D eigenvalue weighted by Gasteiger charge is -2.45. The van der Waals surface area contributed by atoms with E-state index in [-0.39, 0.29) is 34.7 Å². The van der Waals surface area contributed by atoms with Crippen LogP contribution in [0.5, 0.6) is 0 Å². The molecule has 4 aromatic carbocycles. The number of esters is 2. The number of ether oxygens (including phenoxy) is 2. The van der Waals surface area contributed by atoms with Gasteiger partial charge in [-0.05, 0) is 146 Å². The summed E-state index contributed by atoms with van der Waals surface area (Å²) in [5.74, 6) is -1.45. The van der Waals surface area contributed by atoms with E-state index in [1.807, 2.05) is 36.4 Å². The van der Waals surface area contributed by atoms with Crippen LogP contribution < -0.4 is 9.80 Å². The van der Waals surface area contributed by atoms with Gasteiger partial charge in [0.1, 0.15) is 23.8 Å². The number of nitrogens with zero attached hydrogens (tertiary/aromatic N) is 4. The van der Waals surface area contributed by atoms with Crippen LogP contribution in [-0.4, -0.2) is 86.2 Å². The summed E-state index contributed by atoms with van der Waals surface area (Å²) in [6.07, 6.45) is 11.9. The molecule has 2 saturated heterocycles. The predicted molar refractivity (Wildman–Crippen MR) is 237 cm³/mol. The van der Waals surface area contributed by atoms with Crippen LogP contribution in [0.1, 0.15) is 98.7 Å². The Hall–Kier alpha value is -5.06. The Morgan fingerprint density at radius 3 is 1.23 bits per heavy atom. The lowest BCUT2D eigenvalue weighted by molar-refractivity contribution is -0.146. The molecule has 8 nitrogen and oxygen atoms in total. The van der Waals surface area contributed by atoms with E-state index in [9.17, 15) is 18.4 Å². The average Bonchev–Trinajstić information content (AvgIpc) is 3.77. The first-order valence-electron chi connectivity index (χ1n) is 23.0. The molecule has 4 aliphatic carbocycles. The summed E-state index contributed by atoms with van der Waals surface area (Å²) < 4.78 is 39.2. The molecule has 10 heteroatoms.